The molecule has 0 amide bonds. The van der Waals surface area contributed by atoms with Crippen LogP contribution in [0.2, 0.25) is 0 Å². The minimum absolute atomic E-state index is 0.0210. The highest BCUT2D eigenvalue weighted by atomic mass is 32.2. The Bertz CT molecular complexity index is 509. The van der Waals surface area contributed by atoms with Crippen LogP contribution in [0.1, 0.15) is 26.7 Å². The SMILES string of the molecule is CCC(CC)CN(CC(=O)OC)S(=O)(=O)c1ccn[nH]1. The number of carbonyl (C=O) groups is 1. The summed E-state index contributed by atoms with van der Waals surface area (Å²) in [7, 11) is -2.53. The van der Waals surface area contributed by atoms with E-state index in [1.807, 2.05) is 13.8 Å². The van der Waals surface area contributed by atoms with Gasteiger partial charge in [0.2, 0.25) is 0 Å². The fraction of sp³-hybridized carbons (Fsp3) is 0.667. The van der Waals surface area contributed by atoms with Crippen molar-refractivity contribution in [2.75, 3.05) is 20.2 Å². The Labute approximate surface area is 119 Å². The largest absolute Gasteiger partial charge is 0.468 e. The second-order valence-corrected chi connectivity index (χ2v) is 6.38. The third-order valence-electron chi connectivity index (χ3n) is 3.24. The van der Waals surface area contributed by atoms with Crippen LogP contribution in [0.25, 0.3) is 0 Å². The number of hydrogen-bond acceptors (Lipinski definition) is 5. The molecule has 114 valence electrons. The summed E-state index contributed by atoms with van der Waals surface area (Å²) in [5, 5.41) is 6.05. The molecule has 0 aliphatic rings. The lowest BCUT2D eigenvalue weighted by Crippen LogP contribution is -2.39. The van der Waals surface area contributed by atoms with E-state index in [-0.39, 0.29) is 24.0 Å². The zero-order chi connectivity index (χ0) is 15.2. The molecule has 20 heavy (non-hydrogen) atoms. The molecule has 0 aromatic carbocycles. The molecule has 0 bridgehead atoms. The van der Waals surface area contributed by atoms with Crippen molar-refractivity contribution in [2.24, 2.45) is 5.92 Å². The summed E-state index contributed by atoms with van der Waals surface area (Å²) in [6.45, 7) is 3.97. The fourth-order valence-corrected chi connectivity index (χ4v) is 3.18. The molecule has 0 atom stereocenters. The van der Waals surface area contributed by atoms with Crippen molar-refractivity contribution in [1.82, 2.24) is 14.5 Å². The molecule has 0 saturated heterocycles. The highest BCUT2D eigenvalue weighted by Crippen LogP contribution is 2.17. The molecule has 1 heterocycles. The van der Waals surface area contributed by atoms with Gasteiger partial charge in [-0.15, -0.1) is 0 Å². The van der Waals surface area contributed by atoms with Crippen LogP contribution < -0.4 is 0 Å². The van der Waals surface area contributed by atoms with E-state index in [0.717, 1.165) is 17.1 Å². The van der Waals surface area contributed by atoms with Crippen LogP contribution in [-0.2, 0) is 19.6 Å². The van der Waals surface area contributed by atoms with Gasteiger partial charge in [-0.05, 0) is 12.0 Å². The molecule has 0 unspecified atom stereocenters. The summed E-state index contributed by atoms with van der Waals surface area (Å²) in [5.41, 5.74) is 0. The summed E-state index contributed by atoms with van der Waals surface area (Å²) in [6.07, 6.45) is 3.04. The Morgan fingerprint density at radius 1 is 1.45 bits per heavy atom. The van der Waals surface area contributed by atoms with Crippen molar-refractivity contribution in [3.63, 3.8) is 0 Å². The molecule has 0 spiro atoms. The average Bonchev–Trinajstić information content (AvgIpc) is 2.97. The summed E-state index contributed by atoms with van der Waals surface area (Å²) >= 11 is 0. The zero-order valence-corrected chi connectivity index (χ0v) is 12.8. The van der Waals surface area contributed by atoms with E-state index >= 15 is 0 Å². The van der Waals surface area contributed by atoms with E-state index in [0.29, 0.717) is 0 Å². The van der Waals surface area contributed by atoms with Crippen molar-refractivity contribution in [3.8, 4) is 0 Å². The van der Waals surface area contributed by atoms with Gasteiger partial charge in [-0.25, -0.2) is 8.42 Å². The van der Waals surface area contributed by atoms with Crippen molar-refractivity contribution in [3.05, 3.63) is 12.3 Å². The lowest BCUT2D eigenvalue weighted by atomic mass is 10.0. The lowest BCUT2D eigenvalue weighted by Gasteiger charge is -2.24. The first-order chi connectivity index (χ1) is 9.45. The summed E-state index contributed by atoms with van der Waals surface area (Å²) < 4.78 is 30.6. The van der Waals surface area contributed by atoms with E-state index in [9.17, 15) is 13.2 Å². The Balaban J connectivity index is 3.00. The molecule has 0 aliphatic heterocycles. The molecule has 1 N–H and O–H groups in total. The van der Waals surface area contributed by atoms with Crippen LogP contribution in [0, 0.1) is 5.92 Å². The van der Waals surface area contributed by atoms with Crippen LogP contribution in [0.15, 0.2) is 17.3 Å². The number of H-pyrrole nitrogens is 1. The van der Waals surface area contributed by atoms with Gasteiger partial charge in [0.05, 0.1) is 13.3 Å². The van der Waals surface area contributed by atoms with Crippen LogP contribution in [0.3, 0.4) is 0 Å². The van der Waals surface area contributed by atoms with E-state index in [1.165, 1.54) is 19.4 Å². The predicted molar refractivity (Wildman–Crippen MR) is 73.4 cm³/mol. The Hall–Kier alpha value is -1.41. The van der Waals surface area contributed by atoms with Crippen LogP contribution in [0.4, 0.5) is 0 Å². The molecule has 7 nitrogen and oxygen atoms in total. The molecule has 0 aliphatic carbocycles. The van der Waals surface area contributed by atoms with Crippen LogP contribution in [-0.4, -0.2) is 49.1 Å². The van der Waals surface area contributed by atoms with Gasteiger partial charge in [0.15, 0.2) is 5.03 Å². The Kier molecular flexibility index (Phi) is 6.15. The second-order valence-electron chi connectivity index (χ2n) is 4.48. The van der Waals surface area contributed by atoms with Gasteiger partial charge in [0.1, 0.15) is 6.54 Å². The standard InChI is InChI=1S/C12H21N3O4S/c1-4-10(5-2)8-15(9-12(16)19-3)20(17,18)11-6-7-13-14-11/h6-7,10H,4-5,8-9H2,1-3H3,(H,13,14). The van der Waals surface area contributed by atoms with Crippen LogP contribution >= 0.6 is 0 Å². The maximum absolute atomic E-state index is 12.5. The first-order valence-electron chi connectivity index (χ1n) is 6.52. The number of nitrogens with zero attached hydrogens (tertiary/aromatic N) is 2. The molecule has 1 rings (SSSR count). The van der Waals surface area contributed by atoms with Crippen molar-refractivity contribution < 1.29 is 17.9 Å². The molecule has 1 aromatic heterocycles. The van der Waals surface area contributed by atoms with Gasteiger partial charge >= 0.3 is 5.97 Å². The number of nitrogens with one attached hydrogen (secondary N) is 1. The number of sulfonamides is 1. The average molecular weight is 303 g/mol. The third kappa shape index (κ3) is 4.04. The smallest absolute Gasteiger partial charge is 0.321 e. The van der Waals surface area contributed by atoms with E-state index in [1.54, 1.807) is 0 Å². The highest BCUT2D eigenvalue weighted by Gasteiger charge is 2.29. The number of aromatic amines is 1. The van der Waals surface area contributed by atoms with Gasteiger partial charge in [0.25, 0.3) is 10.0 Å². The van der Waals surface area contributed by atoms with E-state index < -0.39 is 16.0 Å². The van der Waals surface area contributed by atoms with Crippen molar-refractivity contribution in [1.29, 1.82) is 0 Å². The third-order valence-corrected chi connectivity index (χ3v) is 4.98. The maximum atomic E-state index is 12.5. The minimum atomic E-state index is -3.76. The summed E-state index contributed by atoms with van der Waals surface area (Å²) in [6, 6.07) is 1.37. The Morgan fingerprint density at radius 2 is 2.10 bits per heavy atom. The molecular weight excluding hydrogens is 282 g/mol. The van der Waals surface area contributed by atoms with Crippen molar-refractivity contribution in [2.45, 2.75) is 31.7 Å². The summed E-state index contributed by atoms with van der Waals surface area (Å²) in [4.78, 5) is 11.4. The number of rotatable bonds is 8. The van der Waals surface area contributed by atoms with E-state index in [2.05, 4.69) is 14.9 Å². The number of methoxy groups -OCH3 is 1. The predicted octanol–water partition coefficient (Wildman–Crippen LogP) is 1.01. The topological polar surface area (TPSA) is 92.4 Å². The van der Waals surface area contributed by atoms with Crippen molar-refractivity contribution >= 4 is 16.0 Å². The fourth-order valence-electron chi connectivity index (χ4n) is 1.82. The number of ether oxygens (including phenoxy) is 1. The van der Waals surface area contributed by atoms with E-state index in [4.69, 9.17) is 0 Å². The zero-order valence-electron chi connectivity index (χ0n) is 12.0. The number of esters is 1. The van der Waals surface area contributed by atoms with Gasteiger partial charge in [-0.1, -0.05) is 26.7 Å². The van der Waals surface area contributed by atoms with Gasteiger partial charge in [-0.2, -0.15) is 9.40 Å². The highest BCUT2D eigenvalue weighted by molar-refractivity contribution is 7.89. The molecule has 0 saturated carbocycles. The number of carbonyl (C=O) groups excluding carboxylic acids is 1. The van der Waals surface area contributed by atoms with Gasteiger partial charge in [-0.3, -0.25) is 9.89 Å². The number of aromatic nitrogens is 2. The number of hydrogen-bond donors (Lipinski definition) is 1. The van der Waals surface area contributed by atoms with Gasteiger partial charge in [0, 0.05) is 6.54 Å². The quantitative estimate of drug-likeness (QED) is 0.724. The normalized spacial score (nSPS) is 12.1. The molecule has 1 aromatic rings. The second kappa shape index (κ2) is 7.39. The first kappa shape index (κ1) is 16.6. The molecular formula is C12H21N3O4S. The maximum Gasteiger partial charge on any atom is 0.321 e. The molecule has 0 radical (unpaired) electrons. The Morgan fingerprint density at radius 3 is 2.55 bits per heavy atom. The first-order valence-corrected chi connectivity index (χ1v) is 7.96. The molecule has 0 fully saturated rings. The summed E-state index contributed by atoms with van der Waals surface area (Å²) in [5.74, 6) is -0.392. The lowest BCUT2D eigenvalue weighted by molar-refractivity contribution is -0.140. The van der Waals surface area contributed by atoms with Gasteiger partial charge < -0.3 is 4.74 Å². The molecule has 8 heteroatoms. The van der Waals surface area contributed by atoms with Crippen LogP contribution in [0.5, 0.6) is 0 Å². The minimum Gasteiger partial charge on any atom is -0.468 e. The monoisotopic (exact) mass is 303 g/mol.